The van der Waals surface area contributed by atoms with Gasteiger partial charge in [0.05, 0.1) is 34.7 Å². The third kappa shape index (κ3) is 3.49. The maximum atomic E-state index is 13.7. The molecular formula is C21H30N6O2S. The van der Waals surface area contributed by atoms with E-state index in [1.807, 2.05) is 34.6 Å². The lowest BCUT2D eigenvalue weighted by Gasteiger charge is -2.28. The zero-order valence-electron chi connectivity index (χ0n) is 18.3. The number of aryl methyl sites for hydroxylation is 1. The molecule has 30 heavy (non-hydrogen) atoms. The van der Waals surface area contributed by atoms with Crippen LogP contribution in [0.1, 0.15) is 48.6 Å². The third-order valence-electron chi connectivity index (χ3n) is 6.33. The van der Waals surface area contributed by atoms with Crippen LogP contribution >= 0.6 is 11.3 Å². The Morgan fingerprint density at radius 2 is 2.17 bits per heavy atom. The van der Waals surface area contributed by atoms with Crippen molar-refractivity contribution in [2.24, 2.45) is 5.41 Å². The van der Waals surface area contributed by atoms with Gasteiger partial charge >= 0.3 is 6.03 Å². The van der Waals surface area contributed by atoms with Gasteiger partial charge in [-0.15, -0.1) is 11.3 Å². The van der Waals surface area contributed by atoms with Gasteiger partial charge in [-0.25, -0.2) is 14.8 Å². The molecule has 2 aliphatic heterocycles. The molecule has 9 heteroatoms. The minimum absolute atomic E-state index is 0.0541. The number of nitrogens with zero attached hydrogens (tertiary/aromatic N) is 6. The second kappa shape index (κ2) is 7.68. The fraction of sp³-hybridized carbons (Fsp3) is 0.619. The predicted octanol–water partition coefficient (Wildman–Crippen LogP) is 2.73. The standard InChI is InChI=1S/C21H30N6O2S/c1-14(2)27-10-18(22-13-27)17-9-26(20(29)24(4)5)12-21(17)6-7-25(19(21)28)8-16-11-30-15(3)23-16/h10-11,13-14,17H,6-9,12H2,1-5H3/t17-,21-/m1/s1. The highest BCUT2D eigenvalue weighted by Crippen LogP contribution is 2.50. The first-order chi connectivity index (χ1) is 14.2. The summed E-state index contributed by atoms with van der Waals surface area (Å²) < 4.78 is 2.06. The van der Waals surface area contributed by atoms with Crippen molar-refractivity contribution in [1.82, 2.24) is 29.2 Å². The number of urea groups is 1. The minimum atomic E-state index is -0.618. The second-order valence-electron chi connectivity index (χ2n) is 8.94. The number of thiazole rings is 1. The zero-order valence-corrected chi connectivity index (χ0v) is 19.1. The topological polar surface area (TPSA) is 74.6 Å². The number of imidazole rings is 1. The van der Waals surface area contributed by atoms with E-state index >= 15 is 0 Å². The van der Waals surface area contributed by atoms with Crippen LogP contribution in [0.15, 0.2) is 17.9 Å². The van der Waals surface area contributed by atoms with Gasteiger partial charge in [0.1, 0.15) is 0 Å². The van der Waals surface area contributed by atoms with Crippen molar-refractivity contribution in [2.45, 2.75) is 45.7 Å². The van der Waals surface area contributed by atoms with Crippen LogP contribution in [-0.4, -0.2) is 74.9 Å². The normalized spacial score (nSPS) is 23.9. The molecule has 3 amide bonds. The summed E-state index contributed by atoms with van der Waals surface area (Å²) in [7, 11) is 3.51. The number of aromatic nitrogens is 3. The average molecular weight is 431 g/mol. The maximum Gasteiger partial charge on any atom is 0.319 e. The molecule has 0 radical (unpaired) electrons. The molecule has 8 nitrogen and oxygen atoms in total. The molecule has 0 saturated carbocycles. The van der Waals surface area contributed by atoms with Gasteiger partial charge in [-0.2, -0.15) is 0 Å². The number of hydrogen-bond donors (Lipinski definition) is 0. The largest absolute Gasteiger partial charge is 0.336 e. The molecule has 1 spiro atoms. The van der Waals surface area contributed by atoms with Crippen LogP contribution in [-0.2, 0) is 11.3 Å². The molecule has 0 bridgehead atoms. The lowest BCUT2D eigenvalue weighted by atomic mass is 9.75. The Balaban J connectivity index is 1.64. The van der Waals surface area contributed by atoms with E-state index < -0.39 is 5.41 Å². The molecule has 2 aromatic rings. The molecule has 2 atom stereocenters. The molecule has 4 rings (SSSR count). The van der Waals surface area contributed by atoms with E-state index in [1.54, 1.807) is 30.3 Å². The fourth-order valence-electron chi connectivity index (χ4n) is 4.69. The van der Waals surface area contributed by atoms with Crippen molar-refractivity contribution >= 4 is 23.3 Å². The van der Waals surface area contributed by atoms with Crippen LogP contribution in [0.3, 0.4) is 0 Å². The Kier molecular flexibility index (Phi) is 5.34. The van der Waals surface area contributed by atoms with Gasteiger partial charge in [0, 0.05) is 57.3 Å². The first-order valence-corrected chi connectivity index (χ1v) is 11.3. The average Bonchev–Trinajstić information content (AvgIpc) is 3.46. The number of carbonyl (C=O) groups is 2. The van der Waals surface area contributed by atoms with Crippen LogP contribution < -0.4 is 0 Å². The summed E-state index contributed by atoms with van der Waals surface area (Å²) in [5.41, 5.74) is 1.22. The van der Waals surface area contributed by atoms with Gasteiger partial charge in [0.2, 0.25) is 5.91 Å². The molecular weight excluding hydrogens is 400 g/mol. The Morgan fingerprint density at radius 3 is 2.77 bits per heavy atom. The van der Waals surface area contributed by atoms with Gasteiger partial charge in [0.15, 0.2) is 0 Å². The van der Waals surface area contributed by atoms with Crippen molar-refractivity contribution in [3.8, 4) is 0 Å². The van der Waals surface area contributed by atoms with Crippen LogP contribution in [0.2, 0.25) is 0 Å². The quantitative estimate of drug-likeness (QED) is 0.748. The van der Waals surface area contributed by atoms with E-state index in [1.165, 1.54) is 0 Å². The summed E-state index contributed by atoms with van der Waals surface area (Å²) in [4.78, 5) is 41.0. The summed E-state index contributed by atoms with van der Waals surface area (Å²) in [5, 5.41) is 3.03. The smallest absolute Gasteiger partial charge is 0.319 e. The number of hydrogen-bond acceptors (Lipinski definition) is 5. The van der Waals surface area contributed by atoms with Gasteiger partial charge in [0.25, 0.3) is 0 Å². The number of amides is 3. The Hall–Kier alpha value is -2.42. The number of rotatable bonds is 4. The maximum absolute atomic E-state index is 13.7. The monoisotopic (exact) mass is 430 g/mol. The summed E-state index contributed by atoms with van der Waals surface area (Å²) >= 11 is 1.60. The second-order valence-corrected chi connectivity index (χ2v) is 10.0. The van der Waals surface area contributed by atoms with E-state index in [0.717, 1.165) is 22.8 Å². The lowest BCUT2D eigenvalue weighted by molar-refractivity contribution is -0.136. The molecule has 0 aliphatic carbocycles. The van der Waals surface area contributed by atoms with Crippen LogP contribution in [0.4, 0.5) is 4.79 Å². The van der Waals surface area contributed by atoms with Crippen LogP contribution in [0.25, 0.3) is 0 Å². The van der Waals surface area contributed by atoms with Gasteiger partial charge in [-0.05, 0) is 27.2 Å². The number of likely N-dealkylation sites (tertiary alicyclic amines) is 2. The molecule has 0 aromatic carbocycles. The molecule has 0 unspecified atom stereocenters. The SMILES string of the molecule is Cc1nc(CN2CC[C@]3(CN(C(=O)N(C)C)C[C@@H]3c3cn(C(C)C)cn3)C2=O)cs1. The third-order valence-corrected chi connectivity index (χ3v) is 7.15. The summed E-state index contributed by atoms with van der Waals surface area (Å²) in [5.74, 6) is 0.0161. The van der Waals surface area contributed by atoms with E-state index in [2.05, 4.69) is 28.4 Å². The highest BCUT2D eigenvalue weighted by Gasteiger charge is 2.58. The van der Waals surface area contributed by atoms with Crippen molar-refractivity contribution in [2.75, 3.05) is 33.7 Å². The van der Waals surface area contributed by atoms with Crippen molar-refractivity contribution < 1.29 is 9.59 Å². The molecule has 2 aliphatic rings. The van der Waals surface area contributed by atoms with Gasteiger partial charge in [-0.1, -0.05) is 0 Å². The van der Waals surface area contributed by atoms with Crippen molar-refractivity contribution in [1.29, 1.82) is 0 Å². The van der Waals surface area contributed by atoms with E-state index in [-0.39, 0.29) is 17.9 Å². The predicted molar refractivity (Wildman–Crippen MR) is 115 cm³/mol. The zero-order chi connectivity index (χ0) is 21.6. The highest BCUT2D eigenvalue weighted by molar-refractivity contribution is 7.09. The van der Waals surface area contributed by atoms with E-state index in [4.69, 9.17) is 0 Å². The van der Waals surface area contributed by atoms with Crippen molar-refractivity contribution in [3.63, 3.8) is 0 Å². The Morgan fingerprint density at radius 1 is 1.40 bits per heavy atom. The van der Waals surface area contributed by atoms with Crippen molar-refractivity contribution in [3.05, 3.63) is 34.3 Å². The van der Waals surface area contributed by atoms with E-state index in [9.17, 15) is 9.59 Å². The molecule has 2 saturated heterocycles. The lowest BCUT2D eigenvalue weighted by Crippen LogP contribution is -2.42. The Labute approximate surface area is 181 Å². The van der Waals surface area contributed by atoms with Gasteiger partial charge in [-0.3, -0.25) is 4.79 Å². The molecule has 4 heterocycles. The summed E-state index contributed by atoms with van der Waals surface area (Å²) in [6, 6.07) is 0.244. The minimum Gasteiger partial charge on any atom is -0.336 e. The highest BCUT2D eigenvalue weighted by atomic mass is 32.1. The molecule has 2 fully saturated rings. The molecule has 2 aromatic heterocycles. The molecule has 162 valence electrons. The van der Waals surface area contributed by atoms with Gasteiger partial charge < -0.3 is 19.3 Å². The first kappa shape index (κ1) is 20.8. The van der Waals surface area contributed by atoms with Crippen LogP contribution in [0, 0.1) is 12.3 Å². The fourth-order valence-corrected chi connectivity index (χ4v) is 5.29. The summed E-state index contributed by atoms with van der Waals surface area (Å²) in [6.45, 7) is 8.35. The molecule has 0 N–H and O–H groups in total. The summed E-state index contributed by atoms with van der Waals surface area (Å²) in [6.07, 6.45) is 4.60. The number of carbonyl (C=O) groups excluding carboxylic acids is 2. The first-order valence-electron chi connectivity index (χ1n) is 10.4. The van der Waals surface area contributed by atoms with Crippen LogP contribution in [0.5, 0.6) is 0 Å². The Bertz CT molecular complexity index is 951. The van der Waals surface area contributed by atoms with E-state index in [0.29, 0.717) is 32.2 Å².